The van der Waals surface area contributed by atoms with Gasteiger partial charge in [0.05, 0.1) is 92.0 Å². The Morgan fingerprint density at radius 1 is 0.633 bits per heavy atom. The minimum absolute atomic E-state index is 0.0325. The van der Waals surface area contributed by atoms with Crippen LogP contribution in [0, 0.1) is 5.92 Å². The van der Waals surface area contributed by atoms with E-state index in [4.69, 9.17) is 33.5 Å². The molecule has 8 nitrogen and oxygen atoms in total. The molecule has 0 fully saturated rings. The van der Waals surface area contributed by atoms with Crippen LogP contribution in [0.15, 0.2) is 0 Å². The van der Waals surface area contributed by atoms with Crippen LogP contribution in [-0.2, 0) is 28.4 Å². The molecule has 0 radical (unpaired) electrons. The molecule has 0 heterocycles. The second kappa shape index (κ2) is 24.9. The van der Waals surface area contributed by atoms with Crippen molar-refractivity contribution in [1.29, 1.82) is 0 Å². The Labute approximate surface area is 183 Å². The van der Waals surface area contributed by atoms with Gasteiger partial charge in [-0.25, -0.2) is 0 Å². The molecule has 0 bridgehead atoms. The van der Waals surface area contributed by atoms with E-state index < -0.39 is 0 Å². The third-order valence-corrected chi connectivity index (χ3v) is 4.55. The summed E-state index contributed by atoms with van der Waals surface area (Å²) < 4.78 is 32.1. The Bertz CT molecular complexity index is 320. The summed E-state index contributed by atoms with van der Waals surface area (Å²) in [7, 11) is 0. The van der Waals surface area contributed by atoms with Crippen molar-refractivity contribution < 1.29 is 38.6 Å². The molecule has 0 saturated carbocycles. The Kier molecular flexibility index (Phi) is 24.7. The highest BCUT2D eigenvalue weighted by atomic mass is 16.6. The third kappa shape index (κ3) is 22.4. The SMILES string of the molecule is CCCCC(CC)CC(O)COCCOCCOCCOCCOCCOCCO. The van der Waals surface area contributed by atoms with Gasteiger partial charge in [0.2, 0.25) is 0 Å². The van der Waals surface area contributed by atoms with Gasteiger partial charge in [0.15, 0.2) is 0 Å². The zero-order valence-electron chi connectivity index (χ0n) is 19.2. The van der Waals surface area contributed by atoms with Crippen LogP contribution >= 0.6 is 0 Å². The van der Waals surface area contributed by atoms with Gasteiger partial charge < -0.3 is 38.6 Å². The molecule has 0 rings (SSSR count). The molecule has 30 heavy (non-hydrogen) atoms. The van der Waals surface area contributed by atoms with E-state index in [1.165, 1.54) is 19.3 Å². The lowest BCUT2D eigenvalue weighted by molar-refractivity contribution is -0.0266. The molecule has 0 amide bonds. The molecule has 8 heteroatoms. The van der Waals surface area contributed by atoms with Crippen LogP contribution in [0.4, 0.5) is 0 Å². The van der Waals surface area contributed by atoms with Gasteiger partial charge in [-0.1, -0.05) is 39.5 Å². The first-order valence-electron chi connectivity index (χ1n) is 11.5. The second-order valence-electron chi connectivity index (χ2n) is 7.17. The van der Waals surface area contributed by atoms with E-state index in [9.17, 15) is 5.11 Å². The van der Waals surface area contributed by atoms with Crippen LogP contribution in [0.5, 0.6) is 0 Å². The maximum atomic E-state index is 10.1. The number of ether oxygens (including phenoxy) is 6. The average Bonchev–Trinajstić information content (AvgIpc) is 2.75. The number of unbranched alkanes of at least 4 members (excludes halogenated alkanes) is 1. The lowest BCUT2D eigenvalue weighted by atomic mass is 9.93. The first-order chi connectivity index (χ1) is 14.7. The first kappa shape index (κ1) is 29.7. The minimum atomic E-state index is -0.389. The highest BCUT2D eigenvalue weighted by Gasteiger charge is 2.12. The molecule has 0 aliphatic heterocycles. The van der Waals surface area contributed by atoms with Crippen LogP contribution < -0.4 is 0 Å². The summed E-state index contributed by atoms with van der Waals surface area (Å²) in [5.74, 6) is 0.588. The molecule has 2 atom stereocenters. The van der Waals surface area contributed by atoms with Crippen molar-refractivity contribution in [1.82, 2.24) is 0 Å². The van der Waals surface area contributed by atoms with E-state index in [2.05, 4.69) is 13.8 Å². The van der Waals surface area contributed by atoms with E-state index in [1.54, 1.807) is 0 Å². The summed E-state index contributed by atoms with van der Waals surface area (Å²) in [5, 5.41) is 18.6. The normalized spacial score (nSPS) is 13.6. The summed E-state index contributed by atoms with van der Waals surface area (Å²) in [6, 6.07) is 0. The van der Waals surface area contributed by atoms with Gasteiger partial charge in [-0.15, -0.1) is 0 Å². The fraction of sp³-hybridized carbons (Fsp3) is 1.00. The topological polar surface area (TPSA) is 95.8 Å². The monoisotopic (exact) mass is 438 g/mol. The Morgan fingerprint density at radius 3 is 1.47 bits per heavy atom. The molecule has 0 saturated heterocycles. The second-order valence-corrected chi connectivity index (χ2v) is 7.17. The van der Waals surface area contributed by atoms with Gasteiger partial charge in [0, 0.05) is 0 Å². The van der Waals surface area contributed by atoms with Crippen LogP contribution in [0.1, 0.15) is 46.0 Å². The number of hydrogen-bond donors (Lipinski definition) is 2. The van der Waals surface area contributed by atoms with Crippen LogP contribution in [-0.4, -0.2) is 102 Å². The quantitative estimate of drug-likeness (QED) is 0.209. The lowest BCUT2D eigenvalue weighted by Gasteiger charge is -2.18. The van der Waals surface area contributed by atoms with Crippen molar-refractivity contribution >= 4 is 0 Å². The minimum Gasteiger partial charge on any atom is -0.394 e. The summed E-state index contributed by atoms with van der Waals surface area (Å²) >= 11 is 0. The van der Waals surface area contributed by atoms with Crippen molar-refractivity contribution in [3.05, 3.63) is 0 Å². The van der Waals surface area contributed by atoms with Gasteiger partial charge in [-0.05, 0) is 12.3 Å². The Hall–Kier alpha value is -0.320. The largest absolute Gasteiger partial charge is 0.394 e. The Balaban J connectivity index is 3.22. The number of hydrogen-bond acceptors (Lipinski definition) is 8. The summed E-state index contributed by atoms with van der Waals surface area (Å²) in [6.07, 6.45) is 5.16. The van der Waals surface area contributed by atoms with Crippen LogP contribution in [0.3, 0.4) is 0 Å². The molecule has 0 aliphatic carbocycles. The smallest absolute Gasteiger partial charge is 0.0776 e. The maximum absolute atomic E-state index is 10.1. The molecule has 0 aromatic heterocycles. The average molecular weight is 439 g/mol. The van der Waals surface area contributed by atoms with Gasteiger partial charge in [0.25, 0.3) is 0 Å². The van der Waals surface area contributed by atoms with Crippen molar-refractivity contribution in [3.63, 3.8) is 0 Å². The number of aliphatic hydroxyl groups is 2. The van der Waals surface area contributed by atoms with Crippen molar-refractivity contribution in [2.24, 2.45) is 5.92 Å². The maximum Gasteiger partial charge on any atom is 0.0776 e. The van der Waals surface area contributed by atoms with E-state index in [1.807, 2.05) is 0 Å². The van der Waals surface area contributed by atoms with E-state index in [0.29, 0.717) is 85.2 Å². The molecule has 2 N–H and O–H groups in total. The molecule has 182 valence electrons. The van der Waals surface area contributed by atoms with Gasteiger partial charge in [-0.3, -0.25) is 0 Å². The van der Waals surface area contributed by atoms with Crippen molar-refractivity contribution in [3.8, 4) is 0 Å². The van der Waals surface area contributed by atoms with Crippen LogP contribution in [0.2, 0.25) is 0 Å². The highest BCUT2D eigenvalue weighted by molar-refractivity contribution is 4.64. The summed E-state index contributed by atoms with van der Waals surface area (Å²) in [4.78, 5) is 0. The molecule has 0 spiro atoms. The Morgan fingerprint density at radius 2 is 1.07 bits per heavy atom. The van der Waals surface area contributed by atoms with E-state index in [-0.39, 0.29) is 12.7 Å². The number of aliphatic hydroxyl groups excluding tert-OH is 2. The van der Waals surface area contributed by atoms with Gasteiger partial charge in [-0.2, -0.15) is 0 Å². The fourth-order valence-electron chi connectivity index (χ4n) is 2.82. The lowest BCUT2D eigenvalue weighted by Crippen LogP contribution is -2.21. The summed E-state index contributed by atoms with van der Waals surface area (Å²) in [5.41, 5.74) is 0. The fourth-order valence-corrected chi connectivity index (χ4v) is 2.82. The zero-order chi connectivity index (χ0) is 22.1. The highest BCUT2D eigenvalue weighted by Crippen LogP contribution is 2.18. The van der Waals surface area contributed by atoms with Crippen molar-refractivity contribution in [2.45, 2.75) is 52.1 Å². The predicted molar refractivity (Wildman–Crippen MR) is 116 cm³/mol. The van der Waals surface area contributed by atoms with Gasteiger partial charge in [0.1, 0.15) is 0 Å². The molecule has 0 aromatic rings. The molecule has 0 aliphatic rings. The molecular weight excluding hydrogens is 392 g/mol. The molecular formula is C22H46O8. The number of rotatable bonds is 25. The molecule has 0 aromatic carbocycles. The van der Waals surface area contributed by atoms with Crippen molar-refractivity contribution in [2.75, 3.05) is 85.9 Å². The van der Waals surface area contributed by atoms with E-state index >= 15 is 0 Å². The predicted octanol–water partition coefficient (Wildman–Crippen LogP) is 2.05. The third-order valence-electron chi connectivity index (χ3n) is 4.55. The molecule has 2 unspecified atom stereocenters. The van der Waals surface area contributed by atoms with Crippen LogP contribution in [0.25, 0.3) is 0 Å². The summed E-state index contributed by atoms with van der Waals surface area (Å²) in [6.45, 7) is 10.2. The van der Waals surface area contributed by atoms with Gasteiger partial charge >= 0.3 is 0 Å². The zero-order valence-corrected chi connectivity index (χ0v) is 19.2. The standard InChI is InChI=1S/C22H46O8/c1-3-5-6-21(4-2)19-22(24)20-30-18-17-29-16-15-28-14-13-27-12-11-26-10-9-25-8-7-23/h21-24H,3-20H2,1-2H3. The first-order valence-corrected chi connectivity index (χ1v) is 11.5. The van der Waals surface area contributed by atoms with E-state index in [0.717, 1.165) is 12.8 Å².